The first-order valence-corrected chi connectivity index (χ1v) is 9.85. The van der Waals surface area contributed by atoms with Gasteiger partial charge < -0.3 is 9.80 Å². The van der Waals surface area contributed by atoms with Crippen LogP contribution in [0.1, 0.15) is 30.9 Å². The molecule has 2 aromatic rings. The summed E-state index contributed by atoms with van der Waals surface area (Å²) in [6, 6.07) is 4.08. The summed E-state index contributed by atoms with van der Waals surface area (Å²) in [5.74, 6) is -0.576. The highest BCUT2D eigenvalue weighted by molar-refractivity contribution is 5.76. The van der Waals surface area contributed by atoms with E-state index < -0.39 is 11.6 Å². The van der Waals surface area contributed by atoms with Crippen molar-refractivity contribution < 1.29 is 13.6 Å². The van der Waals surface area contributed by atoms with E-state index in [1.54, 1.807) is 23.3 Å². The van der Waals surface area contributed by atoms with Crippen molar-refractivity contribution in [1.82, 2.24) is 24.8 Å². The molecule has 0 unspecified atom stereocenters. The fraction of sp³-hybridized carbons (Fsp3) is 0.550. The van der Waals surface area contributed by atoms with Crippen molar-refractivity contribution in [2.24, 2.45) is 11.3 Å². The summed E-state index contributed by atoms with van der Waals surface area (Å²) in [5, 5.41) is 8.35. The predicted octanol–water partition coefficient (Wildman–Crippen LogP) is 2.88. The van der Waals surface area contributed by atoms with Crippen molar-refractivity contribution in [1.29, 1.82) is 0 Å². The number of rotatable bonds is 3. The molecular weight excluding hydrogens is 364 g/mol. The van der Waals surface area contributed by atoms with Gasteiger partial charge in [-0.1, -0.05) is 6.07 Å². The number of benzene rings is 1. The summed E-state index contributed by atoms with van der Waals surface area (Å²) in [6.45, 7) is 2.97. The van der Waals surface area contributed by atoms with E-state index in [0.717, 1.165) is 45.0 Å². The van der Waals surface area contributed by atoms with Crippen molar-refractivity contribution in [2.75, 3.05) is 26.2 Å². The molecule has 2 saturated heterocycles. The largest absolute Gasteiger partial charge is 0.323 e. The van der Waals surface area contributed by atoms with Gasteiger partial charge in [0.2, 0.25) is 0 Å². The minimum Gasteiger partial charge on any atom is -0.323 e. The van der Waals surface area contributed by atoms with Gasteiger partial charge in [0.15, 0.2) is 0 Å². The van der Waals surface area contributed by atoms with E-state index in [9.17, 15) is 13.6 Å². The van der Waals surface area contributed by atoms with Gasteiger partial charge in [-0.15, -0.1) is 0 Å². The molecule has 1 aromatic heterocycles. The van der Waals surface area contributed by atoms with Crippen molar-refractivity contribution >= 4 is 6.03 Å². The average Bonchev–Trinajstić information content (AvgIpc) is 3.28. The second kappa shape index (κ2) is 6.53. The summed E-state index contributed by atoms with van der Waals surface area (Å²) in [6.07, 6.45) is 6.86. The average molecular weight is 387 g/mol. The molecule has 148 valence electrons. The Morgan fingerprint density at radius 2 is 1.89 bits per heavy atom. The number of likely N-dealkylation sites (tertiary alicyclic amines) is 2. The first kappa shape index (κ1) is 17.6. The highest BCUT2D eigenvalue weighted by Crippen LogP contribution is 2.53. The van der Waals surface area contributed by atoms with Crippen LogP contribution in [0.5, 0.6) is 0 Å². The van der Waals surface area contributed by atoms with Crippen LogP contribution < -0.4 is 0 Å². The minimum absolute atomic E-state index is 0.105. The summed E-state index contributed by atoms with van der Waals surface area (Å²) in [5.41, 5.74) is 0.795. The third-order valence-electron chi connectivity index (χ3n) is 6.49. The van der Waals surface area contributed by atoms with Gasteiger partial charge in [0, 0.05) is 37.7 Å². The van der Waals surface area contributed by atoms with Gasteiger partial charge in [-0.05, 0) is 43.2 Å². The first-order chi connectivity index (χ1) is 13.5. The summed E-state index contributed by atoms with van der Waals surface area (Å²) >= 11 is 0. The Kier molecular flexibility index (Phi) is 4.10. The predicted molar refractivity (Wildman–Crippen MR) is 97.4 cm³/mol. The molecule has 0 N–H and O–H groups in total. The van der Waals surface area contributed by atoms with E-state index in [0.29, 0.717) is 24.4 Å². The molecule has 1 aliphatic carbocycles. The van der Waals surface area contributed by atoms with Crippen LogP contribution in [0.2, 0.25) is 0 Å². The van der Waals surface area contributed by atoms with Gasteiger partial charge in [-0.3, -0.25) is 0 Å². The third kappa shape index (κ3) is 3.04. The lowest BCUT2D eigenvalue weighted by atomic mass is 9.56. The second-order valence-corrected chi connectivity index (χ2v) is 8.59. The number of hydrogen-bond acceptors (Lipinski definition) is 3. The zero-order chi connectivity index (χ0) is 19.3. The van der Waals surface area contributed by atoms with Gasteiger partial charge in [0.25, 0.3) is 0 Å². The summed E-state index contributed by atoms with van der Waals surface area (Å²) in [7, 11) is 0. The van der Waals surface area contributed by atoms with Crippen molar-refractivity contribution in [3.05, 3.63) is 47.8 Å². The molecule has 1 spiro atoms. The van der Waals surface area contributed by atoms with Crippen LogP contribution in [0.4, 0.5) is 13.6 Å². The number of nitrogens with zero attached hydrogens (tertiary/aromatic N) is 5. The quantitative estimate of drug-likeness (QED) is 0.814. The zero-order valence-electron chi connectivity index (χ0n) is 15.6. The molecule has 1 atom stereocenters. The van der Waals surface area contributed by atoms with Gasteiger partial charge >= 0.3 is 6.03 Å². The summed E-state index contributed by atoms with van der Waals surface area (Å²) < 4.78 is 26.9. The molecule has 8 heteroatoms. The molecule has 2 amide bonds. The Morgan fingerprint density at radius 1 is 1.14 bits per heavy atom. The molecule has 3 aliphatic rings. The van der Waals surface area contributed by atoms with E-state index in [-0.39, 0.29) is 17.5 Å². The number of halogens is 2. The maximum Gasteiger partial charge on any atom is 0.320 e. The highest BCUT2D eigenvalue weighted by atomic mass is 19.1. The normalized spacial score (nSPS) is 23.7. The molecule has 5 rings (SSSR count). The minimum atomic E-state index is -0.535. The maximum atomic E-state index is 13.8. The van der Waals surface area contributed by atoms with E-state index in [1.807, 2.05) is 9.80 Å². The number of carbonyl (C=O) groups excluding carboxylic acids is 1. The second-order valence-electron chi connectivity index (χ2n) is 8.59. The van der Waals surface area contributed by atoms with Gasteiger partial charge in [0.1, 0.15) is 11.6 Å². The molecule has 3 heterocycles. The number of carbonyl (C=O) groups is 1. The van der Waals surface area contributed by atoms with Crippen LogP contribution in [0.3, 0.4) is 0 Å². The monoisotopic (exact) mass is 387 g/mol. The van der Waals surface area contributed by atoms with E-state index >= 15 is 0 Å². The Bertz CT molecular complexity index is 873. The Labute approximate surface area is 162 Å². The number of amides is 2. The summed E-state index contributed by atoms with van der Waals surface area (Å²) in [4.78, 5) is 18.2. The molecule has 28 heavy (non-hydrogen) atoms. The van der Waals surface area contributed by atoms with Crippen LogP contribution in [0.15, 0.2) is 30.6 Å². The zero-order valence-corrected chi connectivity index (χ0v) is 15.6. The number of urea groups is 1. The van der Waals surface area contributed by atoms with Crippen LogP contribution in [-0.2, 0) is 6.42 Å². The molecule has 6 nitrogen and oxygen atoms in total. The lowest BCUT2D eigenvalue weighted by Crippen LogP contribution is -2.65. The number of hydrogen-bond donors (Lipinski definition) is 0. The van der Waals surface area contributed by atoms with Crippen molar-refractivity contribution in [2.45, 2.75) is 31.7 Å². The van der Waals surface area contributed by atoms with E-state index in [1.165, 1.54) is 6.07 Å². The SMILES string of the molecule is O=C(N1CC[C@@H](n2nccn2)C1)N1CC2(CC(Cc3ccc(F)cc3F)C2)C1. The fourth-order valence-electron chi connectivity index (χ4n) is 5.18. The Morgan fingerprint density at radius 3 is 2.61 bits per heavy atom. The standard InChI is InChI=1S/C20H23F2N5O/c21-16-2-1-15(18(22)8-16)7-14-9-20(10-14)12-26(13-20)19(28)25-6-3-17(11-25)27-23-4-5-24-27/h1-2,4-5,8,14,17H,3,6-7,9-13H2/t17-/m1/s1. The third-order valence-corrected chi connectivity index (χ3v) is 6.49. The van der Waals surface area contributed by atoms with Crippen LogP contribution in [-0.4, -0.2) is 57.0 Å². The van der Waals surface area contributed by atoms with Crippen molar-refractivity contribution in [3.63, 3.8) is 0 Å². The van der Waals surface area contributed by atoms with Crippen LogP contribution in [0, 0.1) is 23.0 Å². The Balaban J connectivity index is 1.10. The number of aromatic nitrogens is 3. The molecule has 3 fully saturated rings. The maximum absolute atomic E-state index is 13.8. The van der Waals surface area contributed by atoms with Gasteiger partial charge in [-0.25, -0.2) is 13.6 Å². The fourth-order valence-corrected chi connectivity index (χ4v) is 5.18. The van der Waals surface area contributed by atoms with Crippen LogP contribution >= 0.6 is 0 Å². The van der Waals surface area contributed by atoms with E-state index in [4.69, 9.17) is 0 Å². The van der Waals surface area contributed by atoms with Crippen molar-refractivity contribution in [3.8, 4) is 0 Å². The van der Waals surface area contributed by atoms with Gasteiger partial charge in [0.05, 0.1) is 18.4 Å². The highest BCUT2D eigenvalue weighted by Gasteiger charge is 2.54. The molecule has 0 radical (unpaired) electrons. The van der Waals surface area contributed by atoms with Gasteiger partial charge in [-0.2, -0.15) is 15.0 Å². The lowest BCUT2D eigenvalue weighted by Gasteiger charge is -2.59. The topological polar surface area (TPSA) is 54.3 Å². The Hall–Kier alpha value is -2.51. The molecule has 1 aromatic carbocycles. The molecule has 1 saturated carbocycles. The molecular formula is C20H23F2N5O. The van der Waals surface area contributed by atoms with Crippen LogP contribution in [0.25, 0.3) is 0 Å². The first-order valence-electron chi connectivity index (χ1n) is 9.85. The molecule has 2 aliphatic heterocycles. The lowest BCUT2D eigenvalue weighted by molar-refractivity contribution is -0.0756. The molecule has 0 bridgehead atoms. The smallest absolute Gasteiger partial charge is 0.320 e. The van der Waals surface area contributed by atoms with E-state index in [2.05, 4.69) is 10.2 Å².